The van der Waals surface area contributed by atoms with Crippen molar-refractivity contribution < 1.29 is 8.60 Å². The molecule has 8 nitrogen and oxygen atoms in total. The van der Waals surface area contributed by atoms with Gasteiger partial charge in [0.15, 0.2) is 0 Å². The second-order valence-electron chi connectivity index (χ2n) is 6.95. The van der Waals surface area contributed by atoms with Crippen molar-refractivity contribution in [2.45, 2.75) is 0 Å². The number of anilines is 1. The summed E-state index contributed by atoms with van der Waals surface area (Å²) in [5.74, 6) is 1.71. The van der Waals surface area contributed by atoms with Gasteiger partial charge in [0, 0.05) is 77.3 Å². The third-order valence-electron chi connectivity index (χ3n) is 5.06. The lowest BCUT2D eigenvalue weighted by atomic mass is 10.0. The highest BCUT2D eigenvalue weighted by Gasteiger charge is 2.19. The Balaban J connectivity index is 1.57. The van der Waals surface area contributed by atoms with Crippen molar-refractivity contribution in [2.75, 3.05) is 29.5 Å². The van der Waals surface area contributed by atoms with Gasteiger partial charge in [-0.1, -0.05) is 0 Å². The number of aryl methyl sites for hydroxylation is 1. The highest BCUT2D eigenvalue weighted by Crippen LogP contribution is 2.32. The standard InChI is InChI=1S/C19H18FN7OS/c1-26-10-12(9-23-26)13-6-14-16(7-15(13)20)24-25-19(14)17-8-18(22-11-21-17)27-2-4-29(28)5-3-27/h6-11H,2-5H2,1H3,(H,24,25). The highest BCUT2D eigenvalue weighted by molar-refractivity contribution is 7.85. The van der Waals surface area contributed by atoms with Gasteiger partial charge < -0.3 is 4.90 Å². The van der Waals surface area contributed by atoms with Crippen molar-refractivity contribution in [2.24, 2.45) is 7.05 Å². The number of aromatic nitrogens is 6. The second-order valence-corrected chi connectivity index (χ2v) is 8.65. The number of rotatable bonds is 3. The van der Waals surface area contributed by atoms with Crippen LogP contribution in [0.5, 0.6) is 0 Å². The van der Waals surface area contributed by atoms with Gasteiger partial charge in [0.05, 0.1) is 17.4 Å². The third-order valence-corrected chi connectivity index (χ3v) is 6.34. The Morgan fingerprint density at radius 3 is 2.76 bits per heavy atom. The lowest BCUT2D eigenvalue weighted by molar-refractivity contribution is 0.633. The van der Waals surface area contributed by atoms with E-state index in [2.05, 4.69) is 30.2 Å². The molecule has 148 valence electrons. The number of hydrogen-bond acceptors (Lipinski definition) is 6. The molecule has 0 radical (unpaired) electrons. The van der Waals surface area contributed by atoms with Crippen LogP contribution in [0.2, 0.25) is 0 Å². The number of benzene rings is 1. The second kappa shape index (κ2) is 7.03. The Bertz CT molecular complexity index is 1220. The molecule has 1 fully saturated rings. The predicted molar refractivity (Wildman–Crippen MR) is 109 cm³/mol. The van der Waals surface area contributed by atoms with E-state index >= 15 is 0 Å². The fraction of sp³-hybridized carbons (Fsp3) is 0.263. The van der Waals surface area contributed by atoms with E-state index < -0.39 is 10.8 Å². The number of aromatic amines is 1. The van der Waals surface area contributed by atoms with E-state index in [1.807, 2.05) is 6.07 Å². The molecule has 1 aromatic carbocycles. The lowest BCUT2D eigenvalue weighted by Gasteiger charge is -2.27. The molecule has 1 N–H and O–H groups in total. The number of hydrogen-bond donors (Lipinski definition) is 1. The third kappa shape index (κ3) is 3.29. The fourth-order valence-electron chi connectivity index (χ4n) is 3.53. The molecule has 0 bridgehead atoms. The van der Waals surface area contributed by atoms with Crippen LogP contribution in [0.4, 0.5) is 10.2 Å². The molecule has 0 spiro atoms. The molecule has 1 saturated heterocycles. The largest absolute Gasteiger partial charge is 0.355 e. The van der Waals surface area contributed by atoms with E-state index in [1.165, 1.54) is 12.4 Å². The SMILES string of the molecule is Cn1cc(-c2cc3c(-c4cc(N5CCS(=O)CC5)ncn4)n[nH]c3cc2F)cn1. The van der Waals surface area contributed by atoms with Gasteiger partial charge >= 0.3 is 0 Å². The van der Waals surface area contributed by atoms with Crippen LogP contribution in [-0.4, -0.2) is 58.7 Å². The quantitative estimate of drug-likeness (QED) is 0.555. The number of nitrogens with zero attached hydrogens (tertiary/aromatic N) is 6. The van der Waals surface area contributed by atoms with Gasteiger partial charge in [-0.25, -0.2) is 14.4 Å². The number of fused-ring (bicyclic) bond motifs is 1. The van der Waals surface area contributed by atoms with Crippen LogP contribution in [0.3, 0.4) is 0 Å². The summed E-state index contributed by atoms with van der Waals surface area (Å²) in [6.07, 6.45) is 4.91. The van der Waals surface area contributed by atoms with Crippen molar-refractivity contribution >= 4 is 27.5 Å². The zero-order valence-corrected chi connectivity index (χ0v) is 16.5. The Kier molecular flexibility index (Phi) is 4.35. The first-order valence-corrected chi connectivity index (χ1v) is 10.7. The predicted octanol–water partition coefficient (Wildman–Crippen LogP) is 2.13. The maximum absolute atomic E-state index is 14.6. The summed E-state index contributed by atoms with van der Waals surface area (Å²) < 4.78 is 27.9. The topological polar surface area (TPSA) is 92.6 Å². The Hall–Kier alpha value is -3.14. The van der Waals surface area contributed by atoms with Crippen LogP contribution >= 0.6 is 0 Å². The van der Waals surface area contributed by atoms with Crippen molar-refractivity contribution in [3.63, 3.8) is 0 Å². The minimum atomic E-state index is -0.754. The Morgan fingerprint density at radius 2 is 2.00 bits per heavy atom. The van der Waals surface area contributed by atoms with E-state index in [1.54, 1.807) is 30.2 Å². The van der Waals surface area contributed by atoms with Gasteiger partial charge in [-0.15, -0.1) is 0 Å². The molecule has 5 rings (SSSR count). The minimum Gasteiger partial charge on any atom is -0.355 e. The molecule has 0 atom stereocenters. The van der Waals surface area contributed by atoms with Gasteiger partial charge in [0.25, 0.3) is 0 Å². The number of halogens is 1. The summed E-state index contributed by atoms with van der Waals surface area (Å²) in [7, 11) is 1.04. The Labute approximate surface area is 168 Å². The summed E-state index contributed by atoms with van der Waals surface area (Å²) in [5, 5.41) is 12.2. The summed E-state index contributed by atoms with van der Waals surface area (Å²) in [6.45, 7) is 1.39. The van der Waals surface area contributed by atoms with E-state index in [-0.39, 0.29) is 5.82 Å². The molecule has 4 heterocycles. The maximum atomic E-state index is 14.6. The summed E-state index contributed by atoms with van der Waals surface area (Å²) in [4.78, 5) is 10.8. The first-order chi connectivity index (χ1) is 14.1. The molecule has 1 aliphatic heterocycles. The minimum absolute atomic E-state index is 0.342. The molecule has 0 unspecified atom stereocenters. The maximum Gasteiger partial charge on any atom is 0.133 e. The van der Waals surface area contributed by atoms with Crippen LogP contribution in [0.25, 0.3) is 33.4 Å². The van der Waals surface area contributed by atoms with E-state index in [4.69, 9.17) is 0 Å². The van der Waals surface area contributed by atoms with Crippen molar-refractivity contribution in [1.82, 2.24) is 29.9 Å². The molecule has 0 aliphatic carbocycles. The van der Waals surface area contributed by atoms with Crippen molar-refractivity contribution in [3.05, 3.63) is 42.7 Å². The average molecular weight is 411 g/mol. The monoisotopic (exact) mass is 411 g/mol. The first-order valence-electron chi connectivity index (χ1n) is 9.17. The van der Waals surface area contributed by atoms with Crippen LogP contribution < -0.4 is 4.90 Å². The van der Waals surface area contributed by atoms with Crippen molar-refractivity contribution in [3.8, 4) is 22.5 Å². The molecule has 1 aliphatic rings. The van der Waals surface area contributed by atoms with Crippen LogP contribution in [0.15, 0.2) is 36.9 Å². The van der Waals surface area contributed by atoms with Crippen molar-refractivity contribution in [1.29, 1.82) is 0 Å². The van der Waals surface area contributed by atoms with Crippen LogP contribution in [0.1, 0.15) is 0 Å². The summed E-state index contributed by atoms with van der Waals surface area (Å²) in [6, 6.07) is 5.08. The summed E-state index contributed by atoms with van der Waals surface area (Å²) >= 11 is 0. The van der Waals surface area contributed by atoms with E-state index in [0.29, 0.717) is 52.6 Å². The normalized spacial score (nSPS) is 15.3. The van der Waals surface area contributed by atoms with Gasteiger partial charge in [0.1, 0.15) is 23.7 Å². The van der Waals surface area contributed by atoms with E-state index in [0.717, 1.165) is 11.2 Å². The van der Waals surface area contributed by atoms with Gasteiger partial charge in [-0.05, 0) is 6.07 Å². The average Bonchev–Trinajstić information content (AvgIpc) is 3.34. The molecular weight excluding hydrogens is 393 g/mol. The fourth-order valence-corrected chi connectivity index (χ4v) is 4.58. The van der Waals surface area contributed by atoms with Crippen LogP contribution in [-0.2, 0) is 17.8 Å². The zero-order chi connectivity index (χ0) is 20.0. The smallest absolute Gasteiger partial charge is 0.133 e. The van der Waals surface area contributed by atoms with Gasteiger partial charge in [-0.3, -0.25) is 14.0 Å². The first kappa shape index (κ1) is 17.9. The molecule has 3 aromatic heterocycles. The van der Waals surface area contributed by atoms with Gasteiger partial charge in [-0.2, -0.15) is 10.2 Å². The molecule has 0 saturated carbocycles. The zero-order valence-electron chi connectivity index (χ0n) is 15.7. The molecule has 4 aromatic rings. The number of H-pyrrole nitrogens is 1. The lowest BCUT2D eigenvalue weighted by Crippen LogP contribution is -2.38. The summed E-state index contributed by atoms with van der Waals surface area (Å²) in [5.41, 5.74) is 3.04. The van der Waals surface area contributed by atoms with Crippen LogP contribution in [0, 0.1) is 5.82 Å². The Morgan fingerprint density at radius 1 is 1.17 bits per heavy atom. The molecular formula is C19H18FN7OS. The van der Waals surface area contributed by atoms with Gasteiger partial charge in [0.2, 0.25) is 0 Å². The van der Waals surface area contributed by atoms with E-state index in [9.17, 15) is 8.60 Å². The number of nitrogens with one attached hydrogen (secondary N) is 1. The highest BCUT2D eigenvalue weighted by atomic mass is 32.2. The molecule has 29 heavy (non-hydrogen) atoms. The molecule has 10 heteroatoms. The molecule has 0 amide bonds.